The minimum Gasteiger partial charge on any atom is -0.480 e. The molecule has 0 aromatic heterocycles. The van der Waals surface area contributed by atoms with Crippen molar-refractivity contribution < 1.29 is 33.8 Å². The van der Waals surface area contributed by atoms with Gasteiger partial charge in [0.1, 0.15) is 12.1 Å². The number of rotatable bonds is 14. The number of amides is 2. The summed E-state index contributed by atoms with van der Waals surface area (Å²) in [7, 11) is 1.30. The molecule has 1 aromatic rings. The highest BCUT2D eigenvalue weighted by atomic mass is 32.2. The van der Waals surface area contributed by atoms with Crippen LogP contribution < -0.4 is 10.6 Å². The highest BCUT2D eigenvalue weighted by Gasteiger charge is 2.31. The van der Waals surface area contributed by atoms with E-state index in [0.717, 1.165) is 17.3 Å². The summed E-state index contributed by atoms with van der Waals surface area (Å²) in [5.41, 5.74) is 0.755. The molecular weight excluding hydrogens is 460 g/mol. The molecular formula is C24H34N2O7S. The third-order valence-electron chi connectivity index (χ3n) is 5.07. The number of carboxylic acids is 1. The van der Waals surface area contributed by atoms with Crippen LogP contribution in [0.1, 0.15) is 52.0 Å². The molecule has 3 atom stereocenters. The van der Waals surface area contributed by atoms with E-state index < -0.39 is 35.1 Å². The van der Waals surface area contributed by atoms with Crippen molar-refractivity contribution in [3.05, 3.63) is 35.9 Å². The Morgan fingerprint density at radius 1 is 1.00 bits per heavy atom. The molecule has 0 radical (unpaired) electrons. The lowest BCUT2D eigenvalue weighted by atomic mass is 10.0. The average molecular weight is 495 g/mol. The number of methoxy groups -OCH3 is 1. The van der Waals surface area contributed by atoms with E-state index in [9.17, 15) is 29.1 Å². The summed E-state index contributed by atoms with van der Waals surface area (Å²) in [6.07, 6.45) is 1.67. The van der Waals surface area contributed by atoms with E-state index in [1.165, 1.54) is 14.0 Å². The van der Waals surface area contributed by atoms with Gasteiger partial charge in [0.2, 0.25) is 11.8 Å². The second-order valence-electron chi connectivity index (χ2n) is 8.24. The molecule has 0 saturated heterocycles. The molecule has 0 aliphatic rings. The molecule has 9 nitrogen and oxygen atoms in total. The molecule has 0 saturated carbocycles. The number of hydrogen-bond donors (Lipinski definition) is 3. The largest absolute Gasteiger partial charge is 0.480 e. The molecule has 0 spiro atoms. The summed E-state index contributed by atoms with van der Waals surface area (Å²) in [5.74, 6) is -2.94. The van der Waals surface area contributed by atoms with Crippen LogP contribution >= 0.6 is 11.8 Å². The van der Waals surface area contributed by atoms with Gasteiger partial charge in [-0.15, -0.1) is 0 Å². The molecule has 3 N–H and O–H groups in total. The maximum atomic E-state index is 12.9. The van der Waals surface area contributed by atoms with Gasteiger partial charge >= 0.3 is 11.9 Å². The third-order valence-corrected chi connectivity index (χ3v) is 6.14. The molecule has 2 amide bonds. The number of carbonyl (C=O) groups is 5. The zero-order valence-corrected chi connectivity index (χ0v) is 20.9. The predicted octanol–water partition coefficient (Wildman–Crippen LogP) is 2.32. The Morgan fingerprint density at radius 3 is 2.18 bits per heavy atom. The van der Waals surface area contributed by atoms with Crippen molar-refractivity contribution in [2.45, 2.75) is 70.2 Å². The van der Waals surface area contributed by atoms with Crippen molar-refractivity contribution in [1.29, 1.82) is 0 Å². The van der Waals surface area contributed by atoms with Gasteiger partial charge < -0.3 is 20.5 Å². The molecule has 188 valence electrons. The number of carbonyl (C=O) groups excluding carboxylic acids is 4. The van der Waals surface area contributed by atoms with Crippen LogP contribution in [0.15, 0.2) is 30.3 Å². The Morgan fingerprint density at radius 2 is 1.65 bits per heavy atom. The van der Waals surface area contributed by atoms with Crippen molar-refractivity contribution in [2.24, 2.45) is 5.92 Å². The van der Waals surface area contributed by atoms with Crippen LogP contribution in [-0.2, 0) is 35.1 Å². The lowest BCUT2D eigenvalue weighted by Gasteiger charge is -2.26. The maximum absolute atomic E-state index is 12.9. The van der Waals surface area contributed by atoms with Gasteiger partial charge in [0.15, 0.2) is 5.12 Å². The molecule has 1 unspecified atom stereocenters. The van der Waals surface area contributed by atoms with E-state index in [2.05, 4.69) is 15.4 Å². The summed E-state index contributed by atoms with van der Waals surface area (Å²) >= 11 is 0.865. The standard InChI is InChI=1S/C24H34N2O7S/c1-15(2)21(23(30)25-18(24(31)32)14-17-10-6-5-7-11-17)26-22(29)19(34-16(3)27)12-8-9-13-20(28)33-4/h5-7,10-11,15,18-19,21H,8-9,12-14H2,1-4H3,(H,25,30)(H,26,29)(H,31,32)/t18-,19?,21-/m0/s1. The molecule has 1 aromatic carbocycles. The maximum Gasteiger partial charge on any atom is 0.326 e. The summed E-state index contributed by atoms with van der Waals surface area (Å²) < 4.78 is 4.60. The number of ether oxygens (including phenoxy) is 1. The first-order valence-corrected chi connectivity index (χ1v) is 12.0. The SMILES string of the molecule is COC(=O)CCCCC(SC(C)=O)C(=O)N[C@H](C(=O)N[C@@H](Cc1ccccc1)C(=O)O)C(C)C. The van der Waals surface area contributed by atoms with Crippen LogP contribution in [-0.4, -0.2) is 58.4 Å². The second kappa shape index (κ2) is 15.1. The monoisotopic (exact) mass is 494 g/mol. The molecule has 0 aliphatic heterocycles. The minimum atomic E-state index is -1.18. The first-order chi connectivity index (χ1) is 16.0. The number of benzene rings is 1. The van der Waals surface area contributed by atoms with E-state index in [1.54, 1.807) is 38.1 Å². The van der Waals surface area contributed by atoms with Gasteiger partial charge in [-0.25, -0.2) is 4.79 Å². The normalized spacial score (nSPS) is 13.4. The predicted molar refractivity (Wildman–Crippen MR) is 129 cm³/mol. The van der Waals surface area contributed by atoms with Gasteiger partial charge in [0.05, 0.1) is 12.4 Å². The number of nitrogens with one attached hydrogen (secondary N) is 2. The fourth-order valence-electron chi connectivity index (χ4n) is 3.24. The van der Waals surface area contributed by atoms with Crippen molar-refractivity contribution in [2.75, 3.05) is 7.11 Å². The van der Waals surface area contributed by atoms with E-state index in [4.69, 9.17) is 0 Å². The molecule has 0 fully saturated rings. The number of esters is 1. The summed E-state index contributed by atoms with van der Waals surface area (Å²) in [4.78, 5) is 60.5. The first-order valence-electron chi connectivity index (χ1n) is 11.2. The number of carboxylic acid groups (broad SMARTS) is 1. The quantitative estimate of drug-likeness (QED) is 0.265. The van der Waals surface area contributed by atoms with E-state index in [1.807, 2.05) is 6.07 Å². The molecule has 0 aliphatic carbocycles. The van der Waals surface area contributed by atoms with Crippen LogP contribution in [0.25, 0.3) is 0 Å². The van der Waals surface area contributed by atoms with Gasteiger partial charge in [-0.1, -0.05) is 62.4 Å². The Hall–Kier alpha value is -2.88. The van der Waals surface area contributed by atoms with Crippen molar-refractivity contribution in [3.63, 3.8) is 0 Å². The van der Waals surface area contributed by atoms with Gasteiger partial charge in [-0.3, -0.25) is 19.2 Å². The molecule has 1 rings (SSSR count). The Labute approximate surface area is 204 Å². The average Bonchev–Trinajstić information content (AvgIpc) is 2.78. The molecule has 34 heavy (non-hydrogen) atoms. The molecule has 0 bridgehead atoms. The van der Waals surface area contributed by atoms with Gasteiger partial charge in [-0.05, 0) is 24.3 Å². The highest BCUT2D eigenvalue weighted by Crippen LogP contribution is 2.20. The highest BCUT2D eigenvalue weighted by molar-refractivity contribution is 8.14. The van der Waals surface area contributed by atoms with Gasteiger partial charge in [0.25, 0.3) is 0 Å². The summed E-state index contributed by atoms with van der Waals surface area (Å²) in [6, 6.07) is 6.79. The smallest absolute Gasteiger partial charge is 0.326 e. The lowest BCUT2D eigenvalue weighted by molar-refractivity contribution is -0.142. The number of hydrogen-bond acceptors (Lipinski definition) is 7. The Bertz CT molecular complexity index is 845. The fraction of sp³-hybridized carbons (Fsp3) is 0.542. The van der Waals surface area contributed by atoms with Crippen LogP contribution in [0.5, 0.6) is 0 Å². The van der Waals surface area contributed by atoms with Gasteiger partial charge in [0, 0.05) is 19.8 Å². The van der Waals surface area contributed by atoms with E-state index in [0.29, 0.717) is 19.3 Å². The minimum absolute atomic E-state index is 0.101. The van der Waals surface area contributed by atoms with E-state index in [-0.39, 0.29) is 29.8 Å². The Kier molecular flexibility index (Phi) is 13.0. The molecule has 10 heteroatoms. The lowest BCUT2D eigenvalue weighted by Crippen LogP contribution is -2.55. The van der Waals surface area contributed by atoms with Crippen LogP contribution in [0, 0.1) is 5.92 Å². The van der Waals surface area contributed by atoms with Crippen molar-refractivity contribution in [1.82, 2.24) is 10.6 Å². The van der Waals surface area contributed by atoms with Crippen LogP contribution in [0.4, 0.5) is 0 Å². The topological polar surface area (TPSA) is 139 Å². The number of thioether (sulfide) groups is 1. The van der Waals surface area contributed by atoms with Gasteiger partial charge in [-0.2, -0.15) is 0 Å². The number of unbranched alkanes of at least 4 members (excludes halogenated alkanes) is 1. The van der Waals surface area contributed by atoms with Crippen molar-refractivity contribution >= 4 is 40.6 Å². The Balaban J connectivity index is 2.83. The zero-order valence-electron chi connectivity index (χ0n) is 20.0. The second-order valence-corrected chi connectivity index (χ2v) is 9.62. The van der Waals surface area contributed by atoms with Crippen molar-refractivity contribution in [3.8, 4) is 0 Å². The third kappa shape index (κ3) is 10.8. The fourth-order valence-corrected chi connectivity index (χ4v) is 4.10. The number of aliphatic carboxylic acids is 1. The van der Waals surface area contributed by atoms with E-state index >= 15 is 0 Å². The molecule has 0 heterocycles. The van der Waals surface area contributed by atoms with Crippen LogP contribution in [0.3, 0.4) is 0 Å². The first kappa shape index (κ1) is 29.2. The summed E-state index contributed by atoms with van der Waals surface area (Å²) in [6.45, 7) is 4.83. The zero-order chi connectivity index (χ0) is 25.7. The van der Waals surface area contributed by atoms with Crippen LogP contribution in [0.2, 0.25) is 0 Å². The summed E-state index contributed by atoms with van der Waals surface area (Å²) in [5, 5.41) is 13.8.